The van der Waals surface area contributed by atoms with Crippen LogP contribution in [0.4, 0.5) is 16.2 Å². The zero-order valence-electron chi connectivity index (χ0n) is 13.2. The molecule has 1 fully saturated rings. The fourth-order valence-corrected chi connectivity index (χ4v) is 3.28. The van der Waals surface area contributed by atoms with Crippen LogP contribution in [0.3, 0.4) is 0 Å². The van der Waals surface area contributed by atoms with Crippen LogP contribution in [0.5, 0.6) is 0 Å². The standard InChI is InChI=1S/C17H19N3O3S/c21-16(15-3-1-10-23-15)18-13-4-6-14(7-5-13)19-17(22)20-8-2-11-24-12-9-20/h1,3-7,10H,2,8-9,11-12H2,(H,18,21)(H,19,22). The first-order valence-electron chi connectivity index (χ1n) is 7.81. The normalized spacial score (nSPS) is 14.8. The molecule has 126 valence electrons. The minimum Gasteiger partial charge on any atom is -0.459 e. The van der Waals surface area contributed by atoms with Crippen molar-refractivity contribution in [2.24, 2.45) is 0 Å². The molecule has 0 radical (unpaired) electrons. The van der Waals surface area contributed by atoms with E-state index in [0.717, 1.165) is 31.0 Å². The first-order chi connectivity index (χ1) is 11.7. The van der Waals surface area contributed by atoms with E-state index in [1.54, 1.807) is 36.4 Å². The summed E-state index contributed by atoms with van der Waals surface area (Å²) in [6.45, 7) is 1.56. The smallest absolute Gasteiger partial charge is 0.321 e. The van der Waals surface area contributed by atoms with Gasteiger partial charge in [-0.2, -0.15) is 11.8 Å². The second kappa shape index (κ2) is 7.92. The number of thioether (sulfide) groups is 1. The molecule has 3 amide bonds. The number of urea groups is 1. The molecule has 1 aromatic carbocycles. The van der Waals surface area contributed by atoms with Gasteiger partial charge in [-0.3, -0.25) is 4.79 Å². The van der Waals surface area contributed by atoms with Gasteiger partial charge >= 0.3 is 6.03 Å². The first-order valence-corrected chi connectivity index (χ1v) is 8.96. The number of carbonyl (C=O) groups is 2. The molecule has 0 aliphatic carbocycles. The van der Waals surface area contributed by atoms with Crippen molar-refractivity contribution in [3.05, 3.63) is 48.4 Å². The van der Waals surface area contributed by atoms with Crippen molar-refractivity contribution in [3.8, 4) is 0 Å². The maximum absolute atomic E-state index is 12.3. The Labute approximate surface area is 144 Å². The number of carbonyl (C=O) groups excluding carboxylic acids is 2. The Morgan fingerprint density at radius 3 is 2.46 bits per heavy atom. The maximum atomic E-state index is 12.3. The molecule has 1 aliphatic heterocycles. The topological polar surface area (TPSA) is 74.6 Å². The Balaban J connectivity index is 1.56. The molecular weight excluding hydrogens is 326 g/mol. The highest BCUT2D eigenvalue weighted by atomic mass is 32.2. The number of hydrogen-bond donors (Lipinski definition) is 2. The third-order valence-electron chi connectivity index (χ3n) is 3.65. The number of nitrogens with zero attached hydrogens (tertiary/aromatic N) is 1. The van der Waals surface area contributed by atoms with Gasteiger partial charge in [0.05, 0.1) is 6.26 Å². The number of amides is 3. The molecule has 6 nitrogen and oxygen atoms in total. The quantitative estimate of drug-likeness (QED) is 0.893. The molecule has 1 saturated heterocycles. The predicted octanol–water partition coefficient (Wildman–Crippen LogP) is 3.50. The fraction of sp³-hybridized carbons (Fsp3) is 0.294. The van der Waals surface area contributed by atoms with Crippen molar-refractivity contribution in [2.45, 2.75) is 6.42 Å². The average Bonchev–Trinajstić information content (AvgIpc) is 2.99. The first kappa shape index (κ1) is 16.4. The Morgan fingerprint density at radius 1 is 1.00 bits per heavy atom. The molecule has 0 unspecified atom stereocenters. The highest BCUT2D eigenvalue weighted by Crippen LogP contribution is 2.16. The number of rotatable bonds is 3. The van der Waals surface area contributed by atoms with Gasteiger partial charge in [0.15, 0.2) is 5.76 Å². The lowest BCUT2D eigenvalue weighted by Gasteiger charge is -2.20. The van der Waals surface area contributed by atoms with Gasteiger partial charge in [0.25, 0.3) is 5.91 Å². The van der Waals surface area contributed by atoms with E-state index in [1.807, 2.05) is 16.7 Å². The summed E-state index contributed by atoms with van der Waals surface area (Å²) < 4.78 is 5.04. The van der Waals surface area contributed by atoms with Crippen LogP contribution in [-0.2, 0) is 0 Å². The molecule has 0 saturated carbocycles. The molecule has 1 aromatic heterocycles. The van der Waals surface area contributed by atoms with Gasteiger partial charge in [0.2, 0.25) is 0 Å². The second-order valence-corrected chi connectivity index (χ2v) is 6.62. The molecule has 1 aliphatic rings. The Morgan fingerprint density at radius 2 is 1.75 bits per heavy atom. The van der Waals surface area contributed by atoms with Crippen molar-refractivity contribution in [3.63, 3.8) is 0 Å². The zero-order chi connectivity index (χ0) is 16.8. The van der Waals surface area contributed by atoms with E-state index in [4.69, 9.17) is 4.42 Å². The van der Waals surface area contributed by atoms with Gasteiger partial charge in [-0.1, -0.05) is 0 Å². The van der Waals surface area contributed by atoms with E-state index >= 15 is 0 Å². The van der Waals surface area contributed by atoms with Gasteiger partial charge in [0.1, 0.15) is 0 Å². The van der Waals surface area contributed by atoms with Crippen molar-refractivity contribution < 1.29 is 14.0 Å². The van der Waals surface area contributed by atoms with E-state index < -0.39 is 0 Å². The summed E-state index contributed by atoms with van der Waals surface area (Å²) >= 11 is 1.88. The monoisotopic (exact) mass is 345 g/mol. The van der Waals surface area contributed by atoms with Crippen LogP contribution in [0.15, 0.2) is 47.1 Å². The lowest BCUT2D eigenvalue weighted by Crippen LogP contribution is -2.36. The van der Waals surface area contributed by atoms with Gasteiger partial charge in [0, 0.05) is 30.2 Å². The van der Waals surface area contributed by atoms with E-state index in [0.29, 0.717) is 11.4 Å². The molecule has 7 heteroatoms. The minimum atomic E-state index is -0.307. The molecule has 2 aromatic rings. The second-order valence-electron chi connectivity index (χ2n) is 5.39. The van der Waals surface area contributed by atoms with Crippen LogP contribution in [0, 0.1) is 0 Å². The molecule has 0 bridgehead atoms. The van der Waals surface area contributed by atoms with Crippen LogP contribution < -0.4 is 10.6 Å². The van der Waals surface area contributed by atoms with Crippen LogP contribution in [0.25, 0.3) is 0 Å². The molecule has 0 spiro atoms. The van der Waals surface area contributed by atoms with E-state index in [-0.39, 0.29) is 17.7 Å². The Kier molecular flexibility index (Phi) is 5.43. The summed E-state index contributed by atoms with van der Waals surface area (Å²) in [7, 11) is 0. The molecule has 24 heavy (non-hydrogen) atoms. The van der Waals surface area contributed by atoms with Gasteiger partial charge < -0.3 is 20.0 Å². The zero-order valence-corrected chi connectivity index (χ0v) is 14.0. The predicted molar refractivity (Wildman–Crippen MR) is 95.6 cm³/mol. The van der Waals surface area contributed by atoms with Crippen molar-refractivity contribution >= 4 is 35.1 Å². The highest BCUT2D eigenvalue weighted by molar-refractivity contribution is 7.99. The fourth-order valence-electron chi connectivity index (χ4n) is 2.39. The van der Waals surface area contributed by atoms with Gasteiger partial charge in [-0.15, -0.1) is 0 Å². The molecule has 0 atom stereocenters. The van der Waals surface area contributed by atoms with Gasteiger partial charge in [-0.25, -0.2) is 4.79 Å². The van der Waals surface area contributed by atoms with Gasteiger partial charge in [-0.05, 0) is 48.6 Å². The Bertz CT molecular complexity index is 678. The van der Waals surface area contributed by atoms with E-state index in [1.165, 1.54) is 6.26 Å². The minimum absolute atomic E-state index is 0.0788. The number of hydrogen-bond acceptors (Lipinski definition) is 4. The van der Waals surface area contributed by atoms with Crippen LogP contribution in [-0.4, -0.2) is 41.4 Å². The number of anilines is 2. The SMILES string of the molecule is O=C(Nc1ccc(NC(=O)N2CCCSCC2)cc1)c1ccco1. The summed E-state index contributed by atoms with van der Waals surface area (Å²) in [6.07, 6.45) is 2.48. The third-order valence-corrected chi connectivity index (χ3v) is 4.70. The molecular formula is C17H19N3O3S. The molecule has 2 N–H and O–H groups in total. The number of furan rings is 1. The lowest BCUT2D eigenvalue weighted by atomic mass is 10.2. The van der Waals surface area contributed by atoms with Crippen molar-refractivity contribution in [1.29, 1.82) is 0 Å². The highest BCUT2D eigenvalue weighted by Gasteiger charge is 2.15. The summed E-state index contributed by atoms with van der Waals surface area (Å²) in [5.74, 6) is 2.03. The maximum Gasteiger partial charge on any atom is 0.321 e. The molecule has 3 rings (SSSR count). The Hall–Kier alpha value is -2.41. The molecule has 2 heterocycles. The van der Waals surface area contributed by atoms with Crippen molar-refractivity contribution in [1.82, 2.24) is 4.90 Å². The lowest BCUT2D eigenvalue weighted by molar-refractivity contribution is 0.0996. The van der Waals surface area contributed by atoms with Crippen LogP contribution in [0.1, 0.15) is 17.0 Å². The van der Waals surface area contributed by atoms with Crippen LogP contribution in [0.2, 0.25) is 0 Å². The summed E-state index contributed by atoms with van der Waals surface area (Å²) in [5, 5.41) is 5.63. The summed E-state index contributed by atoms with van der Waals surface area (Å²) in [6, 6.07) is 10.2. The third kappa shape index (κ3) is 4.32. The van der Waals surface area contributed by atoms with E-state index in [2.05, 4.69) is 10.6 Å². The van der Waals surface area contributed by atoms with E-state index in [9.17, 15) is 9.59 Å². The number of nitrogens with one attached hydrogen (secondary N) is 2. The summed E-state index contributed by atoms with van der Waals surface area (Å²) in [5.41, 5.74) is 1.34. The van der Waals surface area contributed by atoms with Crippen molar-refractivity contribution in [2.75, 3.05) is 35.2 Å². The van der Waals surface area contributed by atoms with Crippen LogP contribution >= 0.6 is 11.8 Å². The average molecular weight is 345 g/mol. The summed E-state index contributed by atoms with van der Waals surface area (Å²) in [4.78, 5) is 26.0. The largest absolute Gasteiger partial charge is 0.459 e. The number of benzene rings is 1.